The Bertz CT molecular complexity index is 523. The van der Waals surface area contributed by atoms with Gasteiger partial charge in [0.15, 0.2) is 0 Å². The molecule has 0 aliphatic heterocycles. The molecule has 0 fully saturated rings. The number of nitrogens with one attached hydrogen (secondary N) is 3. The fourth-order valence-electron chi connectivity index (χ4n) is 1.82. The first-order valence-corrected chi connectivity index (χ1v) is 6.64. The summed E-state index contributed by atoms with van der Waals surface area (Å²) < 4.78 is 26.5. The molecule has 0 aliphatic rings. The first-order valence-electron chi connectivity index (χ1n) is 6.64. The van der Waals surface area contributed by atoms with Gasteiger partial charge in [0.1, 0.15) is 11.6 Å². The van der Waals surface area contributed by atoms with Gasteiger partial charge in [-0.15, -0.1) is 0 Å². The third kappa shape index (κ3) is 5.11. The lowest BCUT2D eigenvalue weighted by atomic mass is 10.1. The summed E-state index contributed by atoms with van der Waals surface area (Å²) >= 11 is 0. The van der Waals surface area contributed by atoms with Crippen molar-refractivity contribution < 1.29 is 18.4 Å². The summed E-state index contributed by atoms with van der Waals surface area (Å²) in [6.07, 6.45) is 0. The summed E-state index contributed by atoms with van der Waals surface area (Å²) in [5.74, 6) is -1.88. The van der Waals surface area contributed by atoms with Crippen LogP contribution in [-0.4, -0.2) is 24.5 Å². The summed E-state index contributed by atoms with van der Waals surface area (Å²) in [5, 5.41) is 7.44. The van der Waals surface area contributed by atoms with E-state index in [-0.39, 0.29) is 5.56 Å². The van der Waals surface area contributed by atoms with E-state index >= 15 is 0 Å². The molecule has 0 aliphatic carbocycles. The Morgan fingerprint density at radius 3 is 2.48 bits per heavy atom. The summed E-state index contributed by atoms with van der Waals surface area (Å²) in [7, 11) is 0. The predicted molar refractivity (Wildman–Crippen MR) is 74.6 cm³/mol. The highest BCUT2D eigenvalue weighted by Crippen LogP contribution is 2.18. The van der Waals surface area contributed by atoms with Crippen LogP contribution in [0.25, 0.3) is 0 Å². The van der Waals surface area contributed by atoms with Crippen molar-refractivity contribution in [1.29, 1.82) is 0 Å². The molecular formula is C14H19F2N3O2. The molecule has 0 aromatic heterocycles. The van der Waals surface area contributed by atoms with Gasteiger partial charge in [-0.05, 0) is 26.8 Å². The summed E-state index contributed by atoms with van der Waals surface area (Å²) in [4.78, 5) is 23.0. The summed E-state index contributed by atoms with van der Waals surface area (Å²) in [5.41, 5.74) is 0.244. The molecule has 0 unspecified atom stereocenters. The third-order valence-electron chi connectivity index (χ3n) is 2.90. The number of rotatable bonds is 5. The lowest BCUT2D eigenvalue weighted by molar-refractivity contribution is -0.121. The van der Waals surface area contributed by atoms with Gasteiger partial charge in [-0.2, -0.15) is 0 Å². The highest BCUT2D eigenvalue weighted by Gasteiger charge is 2.19. The highest BCUT2D eigenvalue weighted by molar-refractivity contribution is 5.96. The normalized spacial score (nSPS) is 13.4. The molecule has 3 amide bonds. The van der Waals surface area contributed by atoms with E-state index in [1.807, 2.05) is 0 Å². The molecule has 0 heterocycles. The number of urea groups is 1. The zero-order valence-electron chi connectivity index (χ0n) is 12.2. The van der Waals surface area contributed by atoms with Crippen molar-refractivity contribution in [2.24, 2.45) is 0 Å². The molecule has 5 nitrogen and oxygen atoms in total. The van der Waals surface area contributed by atoms with Crippen molar-refractivity contribution >= 4 is 11.9 Å². The van der Waals surface area contributed by atoms with Gasteiger partial charge >= 0.3 is 6.03 Å². The van der Waals surface area contributed by atoms with Crippen molar-refractivity contribution in [3.8, 4) is 0 Å². The molecule has 0 saturated carbocycles. The Labute approximate surface area is 122 Å². The van der Waals surface area contributed by atoms with Crippen molar-refractivity contribution in [2.45, 2.75) is 32.9 Å². The molecule has 1 rings (SSSR count). The monoisotopic (exact) mass is 299 g/mol. The number of carbonyl (C=O) groups is 2. The minimum Gasteiger partial charge on any atom is -0.338 e. The van der Waals surface area contributed by atoms with Crippen molar-refractivity contribution in [3.63, 3.8) is 0 Å². The Balaban J connectivity index is 2.62. The topological polar surface area (TPSA) is 70.2 Å². The molecule has 3 N–H and O–H groups in total. The van der Waals surface area contributed by atoms with Gasteiger partial charge in [-0.1, -0.05) is 6.07 Å². The van der Waals surface area contributed by atoms with E-state index in [2.05, 4.69) is 16.0 Å². The lowest BCUT2D eigenvalue weighted by Crippen LogP contribution is -2.48. The van der Waals surface area contributed by atoms with E-state index in [9.17, 15) is 18.4 Å². The maximum Gasteiger partial charge on any atom is 0.321 e. The molecule has 116 valence electrons. The van der Waals surface area contributed by atoms with Gasteiger partial charge in [-0.3, -0.25) is 15.4 Å². The third-order valence-corrected chi connectivity index (χ3v) is 2.90. The molecule has 1 aromatic carbocycles. The van der Waals surface area contributed by atoms with Gasteiger partial charge < -0.3 is 5.32 Å². The summed E-state index contributed by atoms with van der Waals surface area (Å²) in [6, 6.07) is 1.43. The molecule has 0 spiro atoms. The minimum atomic E-state index is -0.716. The van der Waals surface area contributed by atoms with Gasteiger partial charge in [0, 0.05) is 24.2 Å². The van der Waals surface area contributed by atoms with Crippen LogP contribution < -0.4 is 16.0 Å². The Kier molecular flexibility index (Phi) is 6.23. The molecule has 0 bridgehead atoms. The molecule has 0 saturated heterocycles. The smallest absolute Gasteiger partial charge is 0.321 e. The molecule has 1 aromatic rings. The fraction of sp³-hybridized carbons (Fsp3) is 0.429. The second kappa shape index (κ2) is 7.68. The Hall–Kier alpha value is -2.02. The number of carbonyl (C=O) groups excluding carboxylic acids is 2. The number of amides is 3. The molecule has 0 radical (unpaired) electrons. The number of hydrogen-bond acceptors (Lipinski definition) is 3. The van der Waals surface area contributed by atoms with Gasteiger partial charge in [0.25, 0.3) is 0 Å². The SMILES string of the molecule is CCNC(=O)NC(=O)[C@@H](C)N[C@H](C)c1ccc(F)cc1F. The molecule has 21 heavy (non-hydrogen) atoms. The van der Waals surface area contributed by atoms with Crippen molar-refractivity contribution in [2.75, 3.05) is 6.54 Å². The quantitative estimate of drug-likeness (QED) is 0.777. The number of halogens is 2. The second-order valence-electron chi connectivity index (χ2n) is 4.62. The van der Waals surface area contributed by atoms with Crippen LogP contribution >= 0.6 is 0 Å². The first kappa shape index (κ1) is 17.0. The summed E-state index contributed by atoms with van der Waals surface area (Å²) in [6.45, 7) is 5.32. The maximum atomic E-state index is 13.6. The average molecular weight is 299 g/mol. The molecule has 7 heteroatoms. The zero-order chi connectivity index (χ0) is 16.0. The van der Waals surface area contributed by atoms with Crippen LogP contribution in [0.15, 0.2) is 18.2 Å². The number of benzene rings is 1. The predicted octanol–water partition coefficient (Wildman–Crippen LogP) is 1.85. The van der Waals surface area contributed by atoms with Crippen LogP contribution in [-0.2, 0) is 4.79 Å². The highest BCUT2D eigenvalue weighted by atomic mass is 19.1. The van der Waals surface area contributed by atoms with E-state index in [0.717, 1.165) is 12.1 Å². The van der Waals surface area contributed by atoms with Gasteiger partial charge in [0.05, 0.1) is 6.04 Å². The number of imide groups is 1. The van der Waals surface area contributed by atoms with Crippen LogP contribution in [0.5, 0.6) is 0 Å². The minimum absolute atomic E-state index is 0.244. The molecule has 2 atom stereocenters. The van der Waals surface area contributed by atoms with E-state index in [0.29, 0.717) is 6.54 Å². The van der Waals surface area contributed by atoms with Gasteiger partial charge in [-0.25, -0.2) is 13.6 Å². The van der Waals surface area contributed by atoms with E-state index in [1.54, 1.807) is 20.8 Å². The Morgan fingerprint density at radius 1 is 1.24 bits per heavy atom. The van der Waals surface area contributed by atoms with Crippen LogP contribution in [0, 0.1) is 11.6 Å². The Morgan fingerprint density at radius 2 is 1.90 bits per heavy atom. The standard InChI is InChI=1S/C14H19F2N3O2/c1-4-17-14(21)19-13(20)9(3)18-8(2)11-6-5-10(15)7-12(11)16/h5-9,18H,4H2,1-3H3,(H2,17,19,20,21)/t8-,9-/m1/s1. The molecular weight excluding hydrogens is 280 g/mol. The van der Waals surface area contributed by atoms with Gasteiger partial charge in [0.2, 0.25) is 5.91 Å². The van der Waals surface area contributed by atoms with Crippen molar-refractivity contribution in [3.05, 3.63) is 35.4 Å². The van der Waals surface area contributed by atoms with E-state index < -0.39 is 35.7 Å². The average Bonchev–Trinajstić information content (AvgIpc) is 2.38. The lowest BCUT2D eigenvalue weighted by Gasteiger charge is -2.20. The van der Waals surface area contributed by atoms with Crippen LogP contribution in [0.3, 0.4) is 0 Å². The zero-order valence-corrected chi connectivity index (χ0v) is 12.2. The largest absolute Gasteiger partial charge is 0.338 e. The maximum absolute atomic E-state index is 13.6. The number of hydrogen-bond donors (Lipinski definition) is 3. The van der Waals surface area contributed by atoms with Crippen LogP contribution in [0.1, 0.15) is 32.4 Å². The van der Waals surface area contributed by atoms with Crippen LogP contribution in [0.2, 0.25) is 0 Å². The first-order chi connectivity index (χ1) is 9.85. The van der Waals surface area contributed by atoms with E-state index in [1.165, 1.54) is 6.07 Å². The van der Waals surface area contributed by atoms with Crippen molar-refractivity contribution in [1.82, 2.24) is 16.0 Å². The van der Waals surface area contributed by atoms with E-state index in [4.69, 9.17) is 0 Å². The fourth-order valence-corrected chi connectivity index (χ4v) is 1.82. The van der Waals surface area contributed by atoms with Crippen LogP contribution in [0.4, 0.5) is 13.6 Å². The second-order valence-corrected chi connectivity index (χ2v) is 4.62.